The summed E-state index contributed by atoms with van der Waals surface area (Å²) < 4.78 is 5.02. The number of aromatic nitrogens is 2. The molecule has 1 atom stereocenters. The Morgan fingerprint density at radius 3 is 3.00 bits per heavy atom. The van der Waals surface area contributed by atoms with Crippen molar-refractivity contribution in [3.63, 3.8) is 0 Å². The van der Waals surface area contributed by atoms with E-state index >= 15 is 0 Å². The molecule has 5 nitrogen and oxygen atoms in total. The predicted molar refractivity (Wildman–Crippen MR) is 68.2 cm³/mol. The third-order valence-corrected chi connectivity index (χ3v) is 3.39. The molecular formula is C12H15N3O2S. The number of nitrogens with zero attached hydrogens (tertiary/aromatic N) is 2. The molecule has 0 radical (unpaired) electrons. The normalized spacial score (nSPS) is 12.3. The van der Waals surface area contributed by atoms with E-state index in [1.165, 1.54) is 0 Å². The molecule has 18 heavy (non-hydrogen) atoms. The largest absolute Gasteiger partial charge is 0.361 e. The van der Waals surface area contributed by atoms with E-state index in [9.17, 15) is 4.79 Å². The Morgan fingerprint density at radius 2 is 2.44 bits per heavy atom. The molecule has 2 rings (SSSR count). The lowest BCUT2D eigenvalue weighted by Gasteiger charge is -2.13. The van der Waals surface area contributed by atoms with Crippen LogP contribution in [0, 0.1) is 6.92 Å². The molecule has 0 fully saturated rings. The van der Waals surface area contributed by atoms with Crippen molar-refractivity contribution in [1.82, 2.24) is 15.5 Å². The van der Waals surface area contributed by atoms with Crippen LogP contribution in [-0.4, -0.2) is 16.0 Å². The molecule has 1 N–H and O–H groups in total. The first kappa shape index (κ1) is 12.8. The van der Waals surface area contributed by atoms with E-state index in [0.29, 0.717) is 5.76 Å². The first-order valence-electron chi connectivity index (χ1n) is 5.80. The summed E-state index contributed by atoms with van der Waals surface area (Å²) in [4.78, 5) is 16.1. The zero-order valence-corrected chi connectivity index (χ0v) is 11.2. The van der Waals surface area contributed by atoms with Crippen molar-refractivity contribution < 1.29 is 9.32 Å². The van der Waals surface area contributed by atoms with Crippen molar-refractivity contribution in [1.29, 1.82) is 0 Å². The van der Waals surface area contributed by atoms with Crippen LogP contribution in [0.3, 0.4) is 0 Å². The molecule has 0 saturated heterocycles. The lowest BCUT2D eigenvalue weighted by atomic mass is 10.2. The minimum Gasteiger partial charge on any atom is -0.361 e. The zero-order valence-electron chi connectivity index (χ0n) is 10.3. The average Bonchev–Trinajstić information content (AvgIpc) is 2.98. The van der Waals surface area contributed by atoms with Gasteiger partial charge in [-0.2, -0.15) is 0 Å². The number of nitrogens with one attached hydrogen (secondary N) is 1. The molecule has 0 aliphatic heterocycles. The van der Waals surface area contributed by atoms with Crippen LogP contribution >= 0.6 is 11.3 Å². The monoisotopic (exact) mass is 265 g/mol. The van der Waals surface area contributed by atoms with E-state index in [1.54, 1.807) is 23.6 Å². The summed E-state index contributed by atoms with van der Waals surface area (Å²) in [5, 5.41) is 9.54. The molecule has 2 aromatic heterocycles. The topological polar surface area (TPSA) is 68.0 Å². The second kappa shape index (κ2) is 5.77. The minimum absolute atomic E-state index is 0.0264. The number of thiazole rings is 1. The molecule has 0 unspecified atom stereocenters. The lowest BCUT2D eigenvalue weighted by Crippen LogP contribution is -2.29. The highest BCUT2D eigenvalue weighted by Gasteiger charge is 2.16. The molecule has 0 saturated carbocycles. The molecule has 6 heteroatoms. The van der Waals surface area contributed by atoms with Gasteiger partial charge in [-0.1, -0.05) is 12.1 Å². The molecule has 0 bridgehead atoms. The van der Waals surface area contributed by atoms with Gasteiger partial charge in [-0.15, -0.1) is 11.3 Å². The van der Waals surface area contributed by atoms with E-state index in [1.807, 2.05) is 19.2 Å². The molecule has 2 heterocycles. The van der Waals surface area contributed by atoms with E-state index in [-0.39, 0.29) is 18.4 Å². The Bertz CT molecular complexity index is 507. The highest BCUT2D eigenvalue weighted by atomic mass is 32.1. The molecular weight excluding hydrogens is 250 g/mol. The van der Waals surface area contributed by atoms with Crippen molar-refractivity contribution >= 4 is 17.2 Å². The van der Waals surface area contributed by atoms with E-state index in [2.05, 4.69) is 15.5 Å². The minimum atomic E-state index is -0.0757. The van der Waals surface area contributed by atoms with E-state index in [0.717, 1.165) is 17.1 Å². The van der Waals surface area contributed by atoms with E-state index in [4.69, 9.17) is 4.52 Å². The Labute approximate surface area is 109 Å². The van der Waals surface area contributed by atoms with Gasteiger partial charge >= 0.3 is 0 Å². The van der Waals surface area contributed by atoms with Gasteiger partial charge in [0, 0.05) is 17.6 Å². The summed E-state index contributed by atoms with van der Waals surface area (Å²) >= 11 is 1.55. The van der Waals surface area contributed by atoms with Crippen LogP contribution in [0.1, 0.15) is 35.8 Å². The van der Waals surface area contributed by atoms with Crippen LogP contribution in [0.4, 0.5) is 0 Å². The van der Waals surface area contributed by atoms with Gasteiger partial charge in [0.1, 0.15) is 10.8 Å². The second-order valence-corrected chi connectivity index (χ2v) is 4.94. The van der Waals surface area contributed by atoms with Crippen molar-refractivity contribution in [2.75, 3.05) is 0 Å². The van der Waals surface area contributed by atoms with Crippen molar-refractivity contribution in [3.05, 3.63) is 34.1 Å². The third-order valence-electron chi connectivity index (χ3n) is 2.50. The van der Waals surface area contributed by atoms with Gasteiger partial charge < -0.3 is 9.84 Å². The average molecular weight is 265 g/mol. The zero-order chi connectivity index (χ0) is 13.0. The van der Waals surface area contributed by atoms with Crippen LogP contribution in [0.5, 0.6) is 0 Å². The van der Waals surface area contributed by atoms with Gasteiger partial charge in [0.2, 0.25) is 5.91 Å². The van der Waals surface area contributed by atoms with Crippen LogP contribution in [0.15, 0.2) is 22.2 Å². The van der Waals surface area contributed by atoms with Crippen molar-refractivity contribution in [2.24, 2.45) is 0 Å². The number of carbonyl (C=O) groups is 1. The van der Waals surface area contributed by atoms with Crippen LogP contribution in [0.25, 0.3) is 0 Å². The van der Waals surface area contributed by atoms with Crippen molar-refractivity contribution in [2.45, 2.75) is 32.7 Å². The molecule has 0 spiro atoms. The maximum atomic E-state index is 11.9. The van der Waals surface area contributed by atoms with Crippen LogP contribution in [-0.2, 0) is 11.2 Å². The van der Waals surface area contributed by atoms with Gasteiger partial charge in [-0.25, -0.2) is 4.98 Å². The molecule has 1 amide bonds. The number of aryl methyl sites for hydroxylation is 1. The molecule has 96 valence electrons. The summed E-state index contributed by atoms with van der Waals surface area (Å²) in [5.41, 5.74) is 0.782. The fourth-order valence-corrected chi connectivity index (χ4v) is 2.42. The standard InChI is InChI=1S/C12H15N3O2S/c1-3-10(12-13-4-5-18-12)14-11(16)7-9-6-8(2)15-17-9/h4-6,10H,3,7H2,1-2H3,(H,14,16)/t10-/m1/s1. The quantitative estimate of drug-likeness (QED) is 0.900. The Morgan fingerprint density at radius 1 is 1.61 bits per heavy atom. The Hall–Kier alpha value is -1.69. The van der Waals surface area contributed by atoms with Crippen LogP contribution < -0.4 is 5.32 Å². The summed E-state index contributed by atoms with van der Waals surface area (Å²) in [6.07, 6.45) is 2.77. The predicted octanol–water partition coefficient (Wildman–Crippen LogP) is 2.25. The first-order valence-corrected chi connectivity index (χ1v) is 6.68. The second-order valence-electron chi connectivity index (χ2n) is 4.01. The fourth-order valence-electron chi connectivity index (χ4n) is 1.65. The highest BCUT2D eigenvalue weighted by Crippen LogP contribution is 2.18. The van der Waals surface area contributed by atoms with Gasteiger partial charge in [0.15, 0.2) is 0 Å². The summed E-state index contributed by atoms with van der Waals surface area (Å²) in [7, 11) is 0. The fraction of sp³-hybridized carbons (Fsp3) is 0.417. The van der Waals surface area contributed by atoms with Gasteiger partial charge in [0.05, 0.1) is 18.2 Å². The SMILES string of the molecule is CC[C@@H](NC(=O)Cc1cc(C)no1)c1nccs1. The number of hydrogen-bond donors (Lipinski definition) is 1. The van der Waals surface area contributed by atoms with Crippen LogP contribution in [0.2, 0.25) is 0 Å². The third kappa shape index (κ3) is 3.16. The smallest absolute Gasteiger partial charge is 0.228 e. The number of hydrogen-bond acceptors (Lipinski definition) is 5. The maximum Gasteiger partial charge on any atom is 0.228 e. The van der Waals surface area contributed by atoms with Crippen molar-refractivity contribution in [3.8, 4) is 0 Å². The molecule has 2 aromatic rings. The summed E-state index contributed by atoms with van der Waals surface area (Å²) in [6, 6.07) is 1.74. The number of carbonyl (C=O) groups excluding carboxylic acids is 1. The number of rotatable bonds is 5. The molecule has 0 aliphatic rings. The van der Waals surface area contributed by atoms with E-state index < -0.39 is 0 Å². The summed E-state index contributed by atoms with van der Waals surface area (Å²) in [5.74, 6) is 0.507. The Kier molecular flexibility index (Phi) is 4.09. The first-order chi connectivity index (χ1) is 8.69. The Balaban J connectivity index is 1.94. The van der Waals surface area contributed by atoms with Gasteiger partial charge in [-0.05, 0) is 13.3 Å². The number of amides is 1. The van der Waals surface area contributed by atoms with Gasteiger partial charge in [-0.3, -0.25) is 4.79 Å². The molecule has 0 aliphatic carbocycles. The highest BCUT2D eigenvalue weighted by molar-refractivity contribution is 7.09. The lowest BCUT2D eigenvalue weighted by molar-refractivity contribution is -0.121. The van der Waals surface area contributed by atoms with Gasteiger partial charge in [0.25, 0.3) is 0 Å². The maximum absolute atomic E-state index is 11.9. The molecule has 0 aromatic carbocycles. The summed E-state index contributed by atoms with van der Waals surface area (Å²) in [6.45, 7) is 3.85.